The maximum absolute atomic E-state index is 12.6. The van der Waals surface area contributed by atoms with E-state index in [4.69, 9.17) is 9.15 Å². The SMILES string of the molecule is O=C(c1ccco1)N1CCC[C@H](COc2ccc(CN3CCN(Cc4cccnc4)CC3)cc2)C1. The molecular formula is C28H34N4O3. The number of piperidine rings is 1. The van der Waals surface area contributed by atoms with Crippen molar-refractivity contribution in [1.82, 2.24) is 19.7 Å². The average molecular weight is 475 g/mol. The molecule has 2 saturated heterocycles. The van der Waals surface area contributed by atoms with E-state index in [2.05, 4.69) is 45.1 Å². The molecule has 1 aromatic carbocycles. The Morgan fingerprint density at radius 1 is 0.943 bits per heavy atom. The van der Waals surface area contributed by atoms with Crippen molar-refractivity contribution >= 4 is 5.91 Å². The fraction of sp³-hybridized carbons (Fsp3) is 0.429. The van der Waals surface area contributed by atoms with Crippen LogP contribution in [0.4, 0.5) is 0 Å². The van der Waals surface area contributed by atoms with Gasteiger partial charge in [0.15, 0.2) is 5.76 Å². The number of carbonyl (C=O) groups excluding carboxylic acids is 1. The fourth-order valence-electron chi connectivity index (χ4n) is 4.96. The molecule has 4 heterocycles. The Morgan fingerprint density at radius 2 is 1.71 bits per heavy atom. The van der Waals surface area contributed by atoms with E-state index in [1.54, 1.807) is 18.4 Å². The number of likely N-dealkylation sites (tertiary alicyclic amines) is 1. The first kappa shape index (κ1) is 23.6. The number of hydrogen-bond acceptors (Lipinski definition) is 6. The molecule has 0 radical (unpaired) electrons. The lowest BCUT2D eigenvalue weighted by molar-refractivity contribution is 0.0602. The molecular weight excluding hydrogens is 440 g/mol. The number of amides is 1. The molecule has 2 aliphatic heterocycles. The lowest BCUT2D eigenvalue weighted by atomic mass is 9.98. The van der Waals surface area contributed by atoms with E-state index in [9.17, 15) is 4.79 Å². The number of carbonyl (C=O) groups is 1. The third-order valence-corrected chi connectivity index (χ3v) is 6.95. The van der Waals surface area contributed by atoms with Gasteiger partial charge in [0.2, 0.25) is 0 Å². The molecule has 2 aromatic heterocycles. The highest BCUT2D eigenvalue weighted by Gasteiger charge is 2.26. The summed E-state index contributed by atoms with van der Waals surface area (Å²) in [7, 11) is 0. The highest BCUT2D eigenvalue weighted by atomic mass is 16.5. The smallest absolute Gasteiger partial charge is 0.289 e. The molecule has 7 heteroatoms. The normalized spacial score (nSPS) is 19.5. The summed E-state index contributed by atoms with van der Waals surface area (Å²) in [6.07, 6.45) is 7.40. The fourth-order valence-corrected chi connectivity index (χ4v) is 4.96. The van der Waals surface area contributed by atoms with Gasteiger partial charge in [-0.3, -0.25) is 19.6 Å². The lowest BCUT2D eigenvalue weighted by Gasteiger charge is -2.34. The molecule has 0 bridgehead atoms. The molecule has 1 atom stereocenters. The summed E-state index contributed by atoms with van der Waals surface area (Å²) in [6, 6.07) is 16.1. The Balaban J connectivity index is 1.04. The number of furan rings is 1. The molecule has 0 saturated carbocycles. The van der Waals surface area contributed by atoms with Crippen molar-refractivity contribution < 1.29 is 13.9 Å². The molecule has 0 aliphatic carbocycles. The Kier molecular flexibility index (Phi) is 7.75. The van der Waals surface area contributed by atoms with E-state index in [-0.39, 0.29) is 5.91 Å². The maximum Gasteiger partial charge on any atom is 0.289 e. The van der Waals surface area contributed by atoms with Gasteiger partial charge in [-0.1, -0.05) is 18.2 Å². The minimum absolute atomic E-state index is 0.0260. The minimum atomic E-state index is -0.0260. The average Bonchev–Trinajstić information content (AvgIpc) is 3.45. The van der Waals surface area contributed by atoms with Crippen molar-refractivity contribution in [3.63, 3.8) is 0 Å². The Morgan fingerprint density at radius 3 is 2.40 bits per heavy atom. The second kappa shape index (κ2) is 11.5. The van der Waals surface area contributed by atoms with Gasteiger partial charge in [-0.05, 0) is 54.3 Å². The van der Waals surface area contributed by atoms with Crippen LogP contribution in [0.5, 0.6) is 5.75 Å². The van der Waals surface area contributed by atoms with E-state index in [1.807, 2.05) is 23.4 Å². The first-order valence-electron chi connectivity index (χ1n) is 12.6. The van der Waals surface area contributed by atoms with E-state index in [0.717, 1.165) is 64.4 Å². The van der Waals surface area contributed by atoms with Crippen molar-refractivity contribution in [1.29, 1.82) is 0 Å². The van der Waals surface area contributed by atoms with Gasteiger partial charge >= 0.3 is 0 Å². The molecule has 0 spiro atoms. The summed E-state index contributed by atoms with van der Waals surface area (Å²) in [5, 5.41) is 0. The second-order valence-electron chi connectivity index (χ2n) is 9.61. The maximum atomic E-state index is 12.6. The molecule has 1 amide bonds. The molecule has 184 valence electrons. The highest BCUT2D eigenvalue weighted by Crippen LogP contribution is 2.21. The zero-order valence-electron chi connectivity index (χ0n) is 20.2. The number of hydrogen-bond donors (Lipinski definition) is 0. The van der Waals surface area contributed by atoms with Crippen LogP contribution in [-0.2, 0) is 13.1 Å². The molecule has 5 rings (SSSR count). The number of pyridine rings is 1. The summed E-state index contributed by atoms with van der Waals surface area (Å²) in [5.74, 6) is 1.62. The first-order chi connectivity index (χ1) is 17.2. The molecule has 0 N–H and O–H groups in total. The zero-order valence-corrected chi connectivity index (χ0v) is 20.2. The van der Waals surface area contributed by atoms with Crippen molar-refractivity contribution in [3.05, 3.63) is 84.1 Å². The predicted molar refractivity (Wildman–Crippen MR) is 134 cm³/mol. The van der Waals surface area contributed by atoms with E-state index in [1.165, 1.54) is 11.1 Å². The minimum Gasteiger partial charge on any atom is -0.493 e. The van der Waals surface area contributed by atoms with Crippen LogP contribution in [0.3, 0.4) is 0 Å². The summed E-state index contributed by atoms with van der Waals surface area (Å²) >= 11 is 0. The second-order valence-corrected chi connectivity index (χ2v) is 9.61. The summed E-state index contributed by atoms with van der Waals surface area (Å²) in [5.41, 5.74) is 2.59. The van der Waals surface area contributed by atoms with Crippen LogP contribution in [0.1, 0.15) is 34.5 Å². The standard InChI is InChI=1S/C28H34N4O3/c33-28(27-6-3-17-34-27)32-12-2-5-25(21-32)22-35-26-9-7-23(8-10-26)19-30-13-15-31(16-14-30)20-24-4-1-11-29-18-24/h1,3-4,6-11,17-18,25H,2,5,12-16,19-22H2/t25-/m0/s1. The number of nitrogens with zero attached hydrogens (tertiary/aromatic N) is 4. The monoisotopic (exact) mass is 474 g/mol. The Bertz CT molecular complexity index is 1050. The molecule has 2 fully saturated rings. The van der Waals surface area contributed by atoms with Crippen molar-refractivity contribution in [2.24, 2.45) is 5.92 Å². The first-order valence-corrected chi connectivity index (χ1v) is 12.6. The van der Waals surface area contributed by atoms with Crippen LogP contribution in [0.2, 0.25) is 0 Å². The third kappa shape index (κ3) is 6.50. The quantitative estimate of drug-likeness (QED) is 0.493. The Labute approximate surface area is 207 Å². The van der Waals surface area contributed by atoms with Gasteiger partial charge < -0.3 is 14.1 Å². The van der Waals surface area contributed by atoms with E-state index in [0.29, 0.717) is 24.8 Å². The van der Waals surface area contributed by atoms with Crippen molar-refractivity contribution in [2.45, 2.75) is 25.9 Å². The Hall–Kier alpha value is -3.16. The molecule has 0 unspecified atom stereocenters. The number of rotatable bonds is 8. The highest BCUT2D eigenvalue weighted by molar-refractivity contribution is 5.91. The summed E-state index contributed by atoms with van der Waals surface area (Å²) in [6.45, 7) is 8.37. The van der Waals surface area contributed by atoms with Crippen LogP contribution in [0, 0.1) is 5.92 Å². The molecule has 2 aliphatic rings. The van der Waals surface area contributed by atoms with Gasteiger partial charge in [-0.25, -0.2) is 0 Å². The molecule has 3 aromatic rings. The lowest BCUT2D eigenvalue weighted by Crippen LogP contribution is -2.45. The van der Waals surface area contributed by atoms with Gasteiger partial charge in [-0.2, -0.15) is 0 Å². The van der Waals surface area contributed by atoms with Gasteiger partial charge in [-0.15, -0.1) is 0 Å². The van der Waals surface area contributed by atoms with E-state index < -0.39 is 0 Å². The number of aromatic nitrogens is 1. The zero-order chi connectivity index (χ0) is 23.9. The van der Waals surface area contributed by atoms with Crippen molar-refractivity contribution in [2.75, 3.05) is 45.9 Å². The van der Waals surface area contributed by atoms with Crippen molar-refractivity contribution in [3.8, 4) is 5.75 Å². The van der Waals surface area contributed by atoms with Gasteiger partial charge in [0.1, 0.15) is 5.75 Å². The topological polar surface area (TPSA) is 62.1 Å². The number of ether oxygens (including phenoxy) is 1. The number of piperazine rings is 1. The van der Waals surface area contributed by atoms with Gasteiger partial charge in [0.25, 0.3) is 5.91 Å². The summed E-state index contributed by atoms with van der Waals surface area (Å²) < 4.78 is 11.4. The van der Waals surface area contributed by atoms with Crippen LogP contribution in [-0.4, -0.2) is 71.5 Å². The van der Waals surface area contributed by atoms with Crippen LogP contribution < -0.4 is 4.74 Å². The number of benzene rings is 1. The third-order valence-electron chi connectivity index (χ3n) is 6.95. The molecule has 7 nitrogen and oxygen atoms in total. The van der Waals surface area contributed by atoms with E-state index >= 15 is 0 Å². The van der Waals surface area contributed by atoms with Crippen LogP contribution in [0.15, 0.2) is 71.6 Å². The largest absolute Gasteiger partial charge is 0.493 e. The molecule has 35 heavy (non-hydrogen) atoms. The van der Waals surface area contributed by atoms with Crippen LogP contribution >= 0.6 is 0 Å². The van der Waals surface area contributed by atoms with Gasteiger partial charge in [0, 0.05) is 70.7 Å². The summed E-state index contributed by atoms with van der Waals surface area (Å²) in [4.78, 5) is 23.7. The predicted octanol–water partition coefficient (Wildman–Crippen LogP) is 3.92. The van der Waals surface area contributed by atoms with Crippen LogP contribution in [0.25, 0.3) is 0 Å². The van der Waals surface area contributed by atoms with Gasteiger partial charge in [0.05, 0.1) is 12.9 Å².